The van der Waals surface area contributed by atoms with Crippen LogP contribution >= 0.6 is 11.6 Å². The van der Waals surface area contributed by atoms with E-state index in [2.05, 4.69) is 5.32 Å². The van der Waals surface area contributed by atoms with Crippen LogP contribution in [0.4, 0.5) is 0 Å². The van der Waals surface area contributed by atoms with Crippen LogP contribution in [0.5, 0.6) is 5.75 Å². The fraction of sp³-hybridized carbons (Fsp3) is 0.500. The Labute approximate surface area is 119 Å². The third-order valence-electron chi connectivity index (χ3n) is 2.88. The number of rotatable bonds is 6. The Hall–Kier alpha value is -1.26. The van der Waals surface area contributed by atoms with Gasteiger partial charge in [-0.05, 0) is 24.1 Å². The average molecular weight is 286 g/mol. The molecule has 0 amide bonds. The van der Waals surface area contributed by atoms with E-state index in [1.54, 1.807) is 13.2 Å². The van der Waals surface area contributed by atoms with Crippen LogP contribution in [0.25, 0.3) is 0 Å². The lowest BCUT2D eigenvalue weighted by molar-refractivity contribution is -0.144. The monoisotopic (exact) mass is 285 g/mol. The molecule has 1 rings (SSSR count). The molecule has 0 radical (unpaired) electrons. The highest BCUT2D eigenvalue weighted by atomic mass is 35.5. The molecule has 19 heavy (non-hydrogen) atoms. The van der Waals surface area contributed by atoms with Crippen molar-refractivity contribution < 1.29 is 14.3 Å². The SMILES string of the molecule is COC(=O)C(NCc1cc(Cl)ccc1OC)C(C)C. The number of carbonyl (C=O) groups excluding carboxylic acids is 1. The molecule has 1 unspecified atom stereocenters. The summed E-state index contributed by atoms with van der Waals surface area (Å²) in [6, 6.07) is 5.04. The third kappa shape index (κ3) is 4.40. The van der Waals surface area contributed by atoms with Crippen molar-refractivity contribution in [3.63, 3.8) is 0 Å². The molecule has 0 aliphatic rings. The second-order valence-electron chi connectivity index (χ2n) is 4.58. The van der Waals surface area contributed by atoms with Gasteiger partial charge in [-0.1, -0.05) is 25.4 Å². The molecule has 0 spiro atoms. The molecule has 5 heteroatoms. The molecule has 0 aliphatic heterocycles. The van der Waals surface area contributed by atoms with E-state index >= 15 is 0 Å². The van der Waals surface area contributed by atoms with Crippen molar-refractivity contribution in [1.29, 1.82) is 0 Å². The molecular formula is C14H20ClNO3. The highest BCUT2D eigenvalue weighted by Crippen LogP contribution is 2.22. The molecule has 0 aliphatic carbocycles. The number of benzene rings is 1. The van der Waals surface area contributed by atoms with Crippen LogP contribution in [-0.4, -0.2) is 26.2 Å². The zero-order valence-corrected chi connectivity index (χ0v) is 12.5. The molecule has 0 heterocycles. The van der Waals surface area contributed by atoms with Gasteiger partial charge in [0, 0.05) is 17.1 Å². The molecule has 1 aromatic carbocycles. The van der Waals surface area contributed by atoms with Crippen molar-refractivity contribution in [2.75, 3.05) is 14.2 Å². The summed E-state index contributed by atoms with van der Waals surface area (Å²) in [5.74, 6) is 0.609. The van der Waals surface area contributed by atoms with Crippen LogP contribution in [0.15, 0.2) is 18.2 Å². The van der Waals surface area contributed by atoms with Gasteiger partial charge in [-0.25, -0.2) is 0 Å². The van der Waals surface area contributed by atoms with Crippen molar-refractivity contribution in [3.8, 4) is 5.75 Å². The van der Waals surface area contributed by atoms with Gasteiger partial charge in [0.05, 0.1) is 14.2 Å². The van der Waals surface area contributed by atoms with Crippen LogP contribution in [0.2, 0.25) is 5.02 Å². The Bertz CT molecular complexity index is 435. The number of methoxy groups -OCH3 is 2. The van der Waals surface area contributed by atoms with Crippen molar-refractivity contribution in [2.45, 2.75) is 26.4 Å². The molecule has 0 bridgehead atoms. The lowest BCUT2D eigenvalue weighted by Crippen LogP contribution is -2.41. The van der Waals surface area contributed by atoms with Gasteiger partial charge in [0.2, 0.25) is 0 Å². The average Bonchev–Trinajstić information content (AvgIpc) is 2.38. The molecule has 1 N–H and O–H groups in total. The Morgan fingerprint density at radius 3 is 2.58 bits per heavy atom. The third-order valence-corrected chi connectivity index (χ3v) is 3.11. The Morgan fingerprint density at radius 2 is 2.05 bits per heavy atom. The molecule has 4 nitrogen and oxygen atoms in total. The summed E-state index contributed by atoms with van der Waals surface area (Å²) in [6.07, 6.45) is 0. The second-order valence-corrected chi connectivity index (χ2v) is 5.02. The normalized spacial score (nSPS) is 12.3. The van der Waals surface area contributed by atoms with Crippen LogP contribution in [0.1, 0.15) is 19.4 Å². The zero-order valence-electron chi connectivity index (χ0n) is 11.7. The Balaban J connectivity index is 2.79. The first kappa shape index (κ1) is 15.8. The topological polar surface area (TPSA) is 47.6 Å². The molecule has 0 saturated carbocycles. The molecule has 0 fully saturated rings. The molecule has 0 aromatic heterocycles. The van der Waals surface area contributed by atoms with E-state index in [-0.39, 0.29) is 17.9 Å². The minimum atomic E-state index is -0.353. The van der Waals surface area contributed by atoms with Crippen LogP contribution in [-0.2, 0) is 16.1 Å². The van der Waals surface area contributed by atoms with Gasteiger partial charge in [-0.2, -0.15) is 0 Å². The maximum atomic E-state index is 11.7. The van der Waals surface area contributed by atoms with Gasteiger partial charge in [-0.15, -0.1) is 0 Å². The van der Waals surface area contributed by atoms with E-state index in [0.29, 0.717) is 11.6 Å². The van der Waals surface area contributed by atoms with Crippen molar-refractivity contribution in [3.05, 3.63) is 28.8 Å². The van der Waals surface area contributed by atoms with Crippen LogP contribution in [0, 0.1) is 5.92 Å². The fourth-order valence-electron chi connectivity index (χ4n) is 1.82. The van der Waals surface area contributed by atoms with E-state index in [4.69, 9.17) is 21.1 Å². The highest BCUT2D eigenvalue weighted by molar-refractivity contribution is 6.30. The zero-order chi connectivity index (χ0) is 14.4. The van der Waals surface area contributed by atoms with Gasteiger partial charge in [0.15, 0.2) is 0 Å². The number of hydrogen-bond acceptors (Lipinski definition) is 4. The Morgan fingerprint density at radius 1 is 1.37 bits per heavy atom. The molecule has 106 valence electrons. The predicted octanol–water partition coefficient (Wildman–Crippen LogP) is 2.64. The number of ether oxygens (including phenoxy) is 2. The van der Waals surface area contributed by atoms with E-state index < -0.39 is 0 Å². The Kier molecular flexibility index (Phi) is 6.12. The first-order valence-electron chi connectivity index (χ1n) is 6.13. The maximum Gasteiger partial charge on any atom is 0.323 e. The number of halogens is 1. The maximum absolute atomic E-state index is 11.7. The van der Waals surface area contributed by atoms with Crippen molar-refractivity contribution >= 4 is 17.6 Å². The fourth-order valence-corrected chi connectivity index (χ4v) is 2.02. The number of hydrogen-bond donors (Lipinski definition) is 1. The highest BCUT2D eigenvalue weighted by Gasteiger charge is 2.22. The summed E-state index contributed by atoms with van der Waals surface area (Å²) in [4.78, 5) is 11.7. The van der Waals surface area contributed by atoms with Gasteiger partial charge < -0.3 is 9.47 Å². The van der Waals surface area contributed by atoms with E-state index in [0.717, 1.165) is 11.3 Å². The van der Waals surface area contributed by atoms with Crippen molar-refractivity contribution in [2.24, 2.45) is 5.92 Å². The summed E-state index contributed by atoms with van der Waals surface area (Å²) in [5.41, 5.74) is 0.907. The second kappa shape index (κ2) is 7.36. The first-order valence-corrected chi connectivity index (χ1v) is 6.51. The van der Waals surface area contributed by atoms with Crippen molar-refractivity contribution in [1.82, 2.24) is 5.32 Å². The standard InChI is InChI=1S/C14H20ClNO3/c1-9(2)13(14(17)19-4)16-8-10-7-11(15)5-6-12(10)18-3/h5-7,9,13,16H,8H2,1-4H3. The van der Waals surface area contributed by atoms with Crippen LogP contribution in [0.3, 0.4) is 0 Å². The van der Waals surface area contributed by atoms with Gasteiger partial charge in [-0.3, -0.25) is 10.1 Å². The first-order chi connectivity index (χ1) is 8.99. The summed E-state index contributed by atoms with van der Waals surface area (Å²) in [7, 11) is 2.99. The lowest BCUT2D eigenvalue weighted by atomic mass is 10.0. The summed E-state index contributed by atoms with van der Waals surface area (Å²) in [5, 5.41) is 3.81. The number of nitrogens with one attached hydrogen (secondary N) is 1. The van der Waals surface area contributed by atoms with Gasteiger partial charge in [0.1, 0.15) is 11.8 Å². The van der Waals surface area contributed by atoms with Gasteiger partial charge >= 0.3 is 5.97 Å². The summed E-state index contributed by atoms with van der Waals surface area (Å²) in [6.45, 7) is 4.41. The quantitative estimate of drug-likeness (QED) is 0.816. The van der Waals surface area contributed by atoms with E-state index in [9.17, 15) is 4.79 Å². The van der Waals surface area contributed by atoms with E-state index in [1.807, 2.05) is 26.0 Å². The molecular weight excluding hydrogens is 266 g/mol. The molecule has 0 saturated heterocycles. The molecule has 1 aromatic rings. The number of carbonyl (C=O) groups is 1. The van der Waals surface area contributed by atoms with Gasteiger partial charge in [0.25, 0.3) is 0 Å². The van der Waals surface area contributed by atoms with E-state index in [1.165, 1.54) is 7.11 Å². The minimum absolute atomic E-state index is 0.137. The largest absolute Gasteiger partial charge is 0.496 e. The lowest BCUT2D eigenvalue weighted by Gasteiger charge is -2.20. The molecule has 1 atom stereocenters. The smallest absolute Gasteiger partial charge is 0.323 e. The predicted molar refractivity (Wildman–Crippen MR) is 75.5 cm³/mol. The van der Waals surface area contributed by atoms with Crippen LogP contribution < -0.4 is 10.1 Å². The number of esters is 1. The minimum Gasteiger partial charge on any atom is -0.496 e. The summed E-state index contributed by atoms with van der Waals surface area (Å²) >= 11 is 5.97. The summed E-state index contributed by atoms with van der Waals surface area (Å²) < 4.78 is 10.0.